The summed E-state index contributed by atoms with van der Waals surface area (Å²) in [6.45, 7) is 4.47. The van der Waals surface area contributed by atoms with Gasteiger partial charge in [0.2, 0.25) is 5.88 Å². The lowest BCUT2D eigenvalue weighted by Gasteiger charge is -2.42. The summed E-state index contributed by atoms with van der Waals surface area (Å²) in [5, 5.41) is 32.3. The van der Waals surface area contributed by atoms with Gasteiger partial charge in [0.05, 0.1) is 12.0 Å². The van der Waals surface area contributed by atoms with Crippen molar-refractivity contribution in [2.75, 3.05) is 0 Å². The van der Waals surface area contributed by atoms with Gasteiger partial charge in [-0.05, 0) is 67.5 Å². The molecule has 0 saturated heterocycles. The molecule has 0 aliphatic heterocycles. The van der Waals surface area contributed by atoms with E-state index in [2.05, 4.69) is 16.3 Å². The third-order valence-corrected chi connectivity index (χ3v) is 5.64. The molecule has 0 amide bonds. The first-order valence-electron chi connectivity index (χ1n) is 9.41. The molecule has 0 radical (unpaired) electrons. The second-order valence-electron chi connectivity index (χ2n) is 7.68. The van der Waals surface area contributed by atoms with Crippen LogP contribution < -0.4 is 4.74 Å². The minimum atomic E-state index is -2.97. The summed E-state index contributed by atoms with van der Waals surface area (Å²) >= 11 is 0. The molecule has 156 valence electrons. The van der Waals surface area contributed by atoms with Crippen molar-refractivity contribution in [2.24, 2.45) is 11.8 Å². The third-order valence-electron chi connectivity index (χ3n) is 5.64. The molecule has 1 heterocycles. The molecule has 2 aliphatic carbocycles. The Morgan fingerprint density at radius 2 is 2.07 bits per heavy atom. The van der Waals surface area contributed by atoms with E-state index in [1.807, 2.05) is 13.0 Å². The van der Waals surface area contributed by atoms with Crippen LogP contribution in [-0.4, -0.2) is 38.6 Å². The Morgan fingerprint density at radius 3 is 2.62 bits per heavy atom. The molecule has 2 aliphatic rings. The summed E-state index contributed by atoms with van der Waals surface area (Å²) in [6, 6.07) is 2.83. The summed E-state index contributed by atoms with van der Waals surface area (Å²) in [4.78, 5) is 3.84. The van der Waals surface area contributed by atoms with Crippen LogP contribution in [0.5, 0.6) is 5.88 Å². The lowest BCUT2D eigenvalue weighted by atomic mass is 9.66. The normalized spacial score (nSPS) is 29.8. The smallest absolute Gasteiger partial charge is 0.388 e. The minimum Gasteiger partial charge on any atom is -0.512 e. The number of pyridine rings is 1. The summed E-state index contributed by atoms with van der Waals surface area (Å²) < 4.78 is 28.9. The van der Waals surface area contributed by atoms with Gasteiger partial charge in [-0.3, -0.25) is 0 Å². The molecule has 0 bridgehead atoms. The predicted octanol–water partition coefficient (Wildman–Crippen LogP) is 4.16. The van der Waals surface area contributed by atoms with E-state index in [0.717, 1.165) is 5.57 Å². The fraction of sp³-hybridized carbons (Fsp3) is 0.409. The van der Waals surface area contributed by atoms with Gasteiger partial charge in [-0.15, -0.1) is 0 Å². The molecule has 5 nitrogen and oxygen atoms in total. The molecule has 3 rings (SSSR count). The first kappa shape index (κ1) is 21.2. The van der Waals surface area contributed by atoms with E-state index in [9.17, 15) is 24.1 Å². The summed E-state index contributed by atoms with van der Waals surface area (Å²) in [5.74, 6) is -1.04. The maximum atomic E-state index is 12.3. The second-order valence-corrected chi connectivity index (χ2v) is 7.68. The number of halogens is 2. The summed E-state index contributed by atoms with van der Waals surface area (Å²) in [6.07, 6.45) is 7.04. The van der Waals surface area contributed by atoms with E-state index in [0.29, 0.717) is 29.6 Å². The van der Waals surface area contributed by atoms with Crippen LogP contribution in [0.4, 0.5) is 8.78 Å². The van der Waals surface area contributed by atoms with Gasteiger partial charge in [-0.2, -0.15) is 8.78 Å². The topological polar surface area (TPSA) is 82.8 Å². The van der Waals surface area contributed by atoms with Gasteiger partial charge in [0.15, 0.2) is 0 Å². The van der Waals surface area contributed by atoms with Crippen LogP contribution in [0.3, 0.4) is 0 Å². The van der Waals surface area contributed by atoms with Crippen molar-refractivity contribution >= 4 is 5.57 Å². The molecule has 3 unspecified atom stereocenters. The average molecular weight is 405 g/mol. The van der Waals surface area contributed by atoms with Crippen molar-refractivity contribution in [3.63, 3.8) is 0 Å². The lowest BCUT2D eigenvalue weighted by Crippen LogP contribution is -2.44. The number of allylic oxidation sites excluding steroid dienone is 3. The molecule has 0 spiro atoms. The van der Waals surface area contributed by atoms with Crippen LogP contribution in [0, 0.1) is 11.8 Å². The summed E-state index contributed by atoms with van der Waals surface area (Å²) in [7, 11) is 0. The molecule has 3 N–H and O–H groups in total. The van der Waals surface area contributed by atoms with Gasteiger partial charge >= 0.3 is 6.61 Å². The maximum absolute atomic E-state index is 12.3. The lowest BCUT2D eigenvalue weighted by molar-refractivity contribution is -0.0528. The number of nitrogens with zero attached hydrogens (tertiary/aromatic N) is 1. The van der Waals surface area contributed by atoms with E-state index < -0.39 is 24.2 Å². The number of aliphatic hydroxyl groups is 3. The molecule has 4 atom stereocenters. The molecular weight excluding hydrogens is 380 g/mol. The zero-order chi connectivity index (χ0) is 21.3. The van der Waals surface area contributed by atoms with E-state index in [1.54, 1.807) is 19.1 Å². The number of rotatable bonds is 5. The van der Waals surface area contributed by atoms with Crippen LogP contribution in [0.2, 0.25) is 0 Å². The largest absolute Gasteiger partial charge is 0.512 e. The Balaban J connectivity index is 1.97. The first-order chi connectivity index (χ1) is 13.6. The maximum Gasteiger partial charge on any atom is 0.388 e. The second kappa shape index (κ2) is 8.08. The van der Waals surface area contributed by atoms with E-state index in [-0.39, 0.29) is 17.6 Å². The molecule has 0 fully saturated rings. The van der Waals surface area contributed by atoms with Gasteiger partial charge in [-0.1, -0.05) is 12.7 Å². The van der Waals surface area contributed by atoms with Crippen LogP contribution >= 0.6 is 0 Å². The first-order valence-corrected chi connectivity index (χ1v) is 9.41. The van der Waals surface area contributed by atoms with E-state index >= 15 is 0 Å². The Kier molecular flexibility index (Phi) is 5.91. The highest BCUT2D eigenvalue weighted by Crippen LogP contribution is 2.46. The molecule has 7 heteroatoms. The number of hydrogen-bond donors (Lipinski definition) is 3. The average Bonchev–Trinajstić information content (AvgIpc) is 2.64. The number of aromatic nitrogens is 1. The number of ether oxygens (including phenoxy) is 1. The van der Waals surface area contributed by atoms with Crippen molar-refractivity contribution in [3.05, 3.63) is 65.6 Å². The zero-order valence-corrected chi connectivity index (χ0v) is 16.3. The monoisotopic (exact) mass is 405 g/mol. The summed E-state index contributed by atoms with van der Waals surface area (Å²) in [5.41, 5.74) is 0.781. The minimum absolute atomic E-state index is 0.00801. The number of aliphatic hydroxyl groups excluding tert-OH is 2. The highest BCUT2D eigenvalue weighted by atomic mass is 19.3. The quantitative estimate of drug-likeness (QED) is 0.641. The Hall–Kier alpha value is -2.51. The molecule has 1 aromatic rings. The van der Waals surface area contributed by atoms with Crippen LogP contribution in [-0.2, 0) is 0 Å². The molecular formula is C22H25F2NO4. The third kappa shape index (κ3) is 4.26. The SMILES string of the molecule is C=C(C)C1(O)C=C(c2ccc(OC(F)F)nc2)C=C(O)[C@@H]1C1C=C(C)C(O)CC1. The van der Waals surface area contributed by atoms with Gasteiger partial charge in [0.1, 0.15) is 11.4 Å². The van der Waals surface area contributed by atoms with Gasteiger partial charge in [0, 0.05) is 17.8 Å². The van der Waals surface area contributed by atoms with Crippen LogP contribution in [0.15, 0.2) is 60.0 Å². The van der Waals surface area contributed by atoms with Gasteiger partial charge in [0.25, 0.3) is 0 Å². The van der Waals surface area contributed by atoms with Crippen LogP contribution in [0.1, 0.15) is 32.3 Å². The fourth-order valence-corrected chi connectivity index (χ4v) is 4.03. The van der Waals surface area contributed by atoms with Crippen molar-refractivity contribution in [3.8, 4) is 5.88 Å². The molecule has 29 heavy (non-hydrogen) atoms. The Morgan fingerprint density at radius 1 is 1.34 bits per heavy atom. The van der Waals surface area contributed by atoms with Crippen LogP contribution in [0.25, 0.3) is 5.57 Å². The fourth-order valence-electron chi connectivity index (χ4n) is 4.03. The van der Waals surface area contributed by atoms with E-state index in [1.165, 1.54) is 18.3 Å². The standard InChI is InChI=1S/C22H25F2NO4/c1-12(2)22(28)10-16(15-5-7-19(25-11-15)29-21(23)24)9-18(27)20(22)14-4-6-17(26)13(3)8-14/h5,7-11,14,17,20-21,26-28H,1,4,6H2,2-3H3/t14?,17?,20-,22?/m0/s1. The van der Waals surface area contributed by atoms with Gasteiger partial charge in [-0.25, -0.2) is 4.98 Å². The van der Waals surface area contributed by atoms with Crippen molar-refractivity contribution in [2.45, 2.75) is 45.0 Å². The number of alkyl halides is 2. The molecule has 0 aromatic carbocycles. The molecule has 1 aromatic heterocycles. The number of hydrogen-bond acceptors (Lipinski definition) is 5. The Labute approximate surface area is 168 Å². The van der Waals surface area contributed by atoms with Crippen molar-refractivity contribution in [1.82, 2.24) is 4.98 Å². The molecule has 0 saturated carbocycles. The Bertz CT molecular complexity index is 875. The van der Waals surface area contributed by atoms with Crippen molar-refractivity contribution < 1.29 is 28.8 Å². The highest BCUT2D eigenvalue weighted by molar-refractivity contribution is 5.77. The highest BCUT2D eigenvalue weighted by Gasteiger charge is 2.45. The van der Waals surface area contributed by atoms with Crippen molar-refractivity contribution in [1.29, 1.82) is 0 Å². The zero-order valence-electron chi connectivity index (χ0n) is 16.3. The predicted molar refractivity (Wildman–Crippen MR) is 105 cm³/mol. The van der Waals surface area contributed by atoms with Gasteiger partial charge < -0.3 is 20.1 Å². The van der Waals surface area contributed by atoms with E-state index in [4.69, 9.17) is 0 Å².